The molecule has 0 N–H and O–H groups in total. The number of hydrogen-bond donors (Lipinski definition) is 0. The van der Waals surface area contributed by atoms with Crippen LogP contribution in [-0.4, -0.2) is 18.5 Å². The normalized spacial score (nSPS) is 10.1. The second-order valence-electron chi connectivity index (χ2n) is 3.31. The van der Waals surface area contributed by atoms with Gasteiger partial charge in [-0.2, -0.15) is 0 Å². The highest BCUT2D eigenvalue weighted by Crippen LogP contribution is 2.30. The van der Waals surface area contributed by atoms with Crippen LogP contribution in [0.4, 0.5) is 11.4 Å². The van der Waals surface area contributed by atoms with Gasteiger partial charge in [0.25, 0.3) is 5.69 Å². The largest absolute Gasteiger partial charge is 0.369 e. The number of anilines is 1. The highest BCUT2D eigenvalue weighted by molar-refractivity contribution is 9.10. The molecule has 82 valence electrons. The molecule has 0 bridgehead atoms. The van der Waals surface area contributed by atoms with E-state index in [1.807, 2.05) is 24.9 Å². The van der Waals surface area contributed by atoms with Crippen molar-refractivity contribution in [2.24, 2.45) is 0 Å². The average molecular weight is 273 g/mol. The standard InChI is InChI=1S/C10H13BrN2O2/c1-3-6-12(2)9-5-4-8(11)7-10(9)13(14)15/h4-5,7H,3,6H2,1-2H3. The van der Waals surface area contributed by atoms with Crippen molar-refractivity contribution in [3.8, 4) is 0 Å². The third-order valence-corrected chi connectivity index (χ3v) is 2.60. The molecule has 1 aromatic carbocycles. The number of benzene rings is 1. The van der Waals surface area contributed by atoms with Crippen molar-refractivity contribution in [2.45, 2.75) is 13.3 Å². The molecule has 0 aliphatic heterocycles. The van der Waals surface area contributed by atoms with Crippen LogP contribution in [0.1, 0.15) is 13.3 Å². The van der Waals surface area contributed by atoms with Gasteiger partial charge in [0.1, 0.15) is 5.69 Å². The number of nitro groups is 1. The smallest absolute Gasteiger partial charge is 0.293 e. The fourth-order valence-corrected chi connectivity index (χ4v) is 1.77. The van der Waals surface area contributed by atoms with Crippen molar-refractivity contribution >= 4 is 27.3 Å². The second kappa shape index (κ2) is 5.11. The Morgan fingerprint density at radius 3 is 2.73 bits per heavy atom. The molecule has 0 heterocycles. The van der Waals surface area contributed by atoms with Gasteiger partial charge in [-0.05, 0) is 18.6 Å². The summed E-state index contributed by atoms with van der Waals surface area (Å²) in [7, 11) is 1.86. The number of rotatable bonds is 4. The van der Waals surface area contributed by atoms with Gasteiger partial charge in [-0.25, -0.2) is 0 Å². The van der Waals surface area contributed by atoms with Gasteiger partial charge in [-0.1, -0.05) is 22.9 Å². The molecular weight excluding hydrogens is 260 g/mol. The van der Waals surface area contributed by atoms with Gasteiger partial charge in [0.2, 0.25) is 0 Å². The van der Waals surface area contributed by atoms with Gasteiger partial charge < -0.3 is 4.90 Å². The minimum absolute atomic E-state index is 0.139. The first-order valence-electron chi connectivity index (χ1n) is 4.71. The summed E-state index contributed by atoms with van der Waals surface area (Å²) in [5.41, 5.74) is 0.797. The van der Waals surface area contributed by atoms with E-state index in [0.29, 0.717) is 5.69 Å². The number of nitrogens with zero attached hydrogens (tertiary/aromatic N) is 2. The molecule has 0 radical (unpaired) electrons. The minimum Gasteiger partial charge on any atom is -0.369 e. The quantitative estimate of drug-likeness (QED) is 0.625. The van der Waals surface area contributed by atoms with Crippen LogP contribution >= 0.6 is 15.9 Å². The third kappa shape index (κ3) is 2.92. The predicted octanol–water partition coefficient (Wildman–Crippen LogP) is 3.20. The summed E-state index contributed by atoms with van der Waals surface area (Å²) in [6.07, 6.45) is 0.962. The highest BCUT2D eigenvalue weighted by Gasteiger charge is 2.16. The van der Waals surface area contributed by atoms with Crippen molar-refractivity contribution in [1.29, 1.82) is 0 Å². The Morgan fingerprint density at radius 1 is 1.53 bits per heavy atom. The molecule has 15 heavy (non-hydrogen) atoms. The van der Waals surface area contributed by atoms with E-state index in [1.165, 1.54) is 6.07 Å². The lowest BCUT2D eigenvalue weighted by atomic mass is 10.2. The first kappa shape index (κ1) is 12.0. The summed E-state index contributed by atoms with van der Waals surface area (Å²) in [4.78, 5) is 12.4. The molecule has 1 rings (SSSR count). The zero-order valence-corrected chi connectivity index (χ0v) is 10.3. The molecule has 0 saturated heterocycles. The zero-order chi connectivity index (χ0) is 11.4. The topological polar surface area (TPSA) is 46.4 Å². The molecule has 0 aromatic heterocycles. The molecule has 0 amide bonds. The van der Waals surface area contributed by atoms with E-state index in [9.17, 15) is 10.1 Å². The van der Waals surface area contributed by atoms with Gasteiger partial charge in [0.05, 0.1) is 4.92 Å². The van der Waals surface area contributed by atoms with Crippen molar-refractivity contribution in [3.63, 3.8) is 0 Å². The molecule has 0 unspecified atom stereocenters. The Hall–Kier alpha value is -1.10. The van der Waals surface area contributed by atoms with Crippen molar-refractivity contribution < 1.29 is 4.92 Å². The van der Waals surface area contributed by atoms with Gasteiger partial charge in [0.15, 0.2) is 0 Å². The number of halogens is 1. The lowest BCUT2D eigenvalue weighted by Crippen LogP contribution is -2.18. The maximum atomic E-state index is 10.8. The summed E-state index contributed by atoms with van der Waals surface area (Å²) >= 11 is 3.23. The third-order valence-electron chi connectivity index (χ3n) is 2.10. The maximum absolute atomic E-state index is 10.8. The van der Waals surface area contributed by atoms with Crippen LogP contribution in [0.5, 0.6) is 0 Å². The molecule has 0 spiro atoms. The van der Waals surface area contributed by atoms with Crippen molar-refractivity contribution in [1.82, 2.24) is 0 Å². The van der Waals surface area contributed by atoms with E-state index >= 15 is 0 Å². The van der Waals surface area contributed by atoms with Crippen LogP contribution in [0.15, 0.2) is 22.7 Å². The highest BCUT2D eigenvalue weighted by atomic mass is 79.9. The van der Waals surface area contributed by atoms with E-state index in [0.717, 1.165) is 17.4 Å². The lowest BCUT2D eigenvalue weighted by Gasteiger charge is -2.18. The molecule has 0 fully saturated rings. The summed E-state index contributed by atoms with van der Waals surface area (Å²) in [5.74, 6) is 0. The molecule has 0 aliphatic rings. The molecular formula is C10H13BrN2O2. The molecule has 0 aliphatic carbocycles. The van der Waals surface area contributed by atoms with E-state index in [4.69, 9.17) is 0 Å². The first-order chi connectivity index (χ1) is 7.06. The molecule has 0 atom stereocenters. The maximum Gasteiger partial charge on any atom is 0.293 e. The lowest BCUT2D eigenvalue weighted by molar-refractivity contribution is -0.384. The summed E-state index contributed by atoms with van der Waals surface area (Å²) in [5, 5.41) is 10.8. The van der Waals surface area contributed by atoms with Gasteiger partial charge >= 0.3 is 0 Å². The zero-order valence-electron chi connectivity index (χ0n) is 8.74. The Balaban J connectivity index is 3.10. The minimum atomic E-state index is -0.355. The molecule has 1 aromatic rings. The summed E-state index contributed by atoms with van der Waals surface area (Å²) in [6, 6.07) is 5.11. The Kier molecular flexibility index (Phi) is 4.08. The van der Waals surface area contributed by atoms with Crippen LogP contribution in [0, 0.1) is 10.1 Å². The Morgan fingerprint density at radius 2 is 2.20 bits per heavy atom. The molecule has 5 heteroatoms. The number of hydrogen-bond acceptors (Lipinski definition) is 3. The van der Waals surface area contributed by atoms with Crippen molar-refractivity contribution in [3.05, 3.63) is 32.8 Å². The fraction of sp³-hybridized carbons (Fsp3) is 0.400. The average Bonchev–Trinajstić information content (AvgIpc) is 2.17. The van der Waals surface area contributed by atoms with Crippen molar-refractivity contribution in [2.75, 3.05) is 18.5 Å². The second-order valence-corrected chi connectivity index (χ2v) is 4.23. The van der Waals surface area contributed by atoms with E-state index in [2.05, 4.69) is 15.9 Å². The summed E-state index contributed by atoms with van der Waals surface area (Å²) in [6.45, 7) is 2.85. The van der Waals surface area contributed by atoms with Crippen LogP contribution in [0.25, 0.3) is 0 Å². The SMILES string of the molecule is CCCN(C)c1ccc(Br)cc1[N+](=O)[O-]. The van der Waals surface area contributed by atoms with E-state index < -0.39 is 0 Å². The van der Waals surface area contributed by atoms with Crippen LogP contribution < -0.4 is 4.90 Å². The van der Waals surface area contributed by atoms with E-state index in [1.54, 1.807) is 6.07 Å². The van der Waals surface area contributed by atoms with Crippen LogP contribution in [0.3, 0.4) is 0 Å². The first-order valence-corrected chi connectivity index (χ1v) is 5.50. The monoisotopic (exact) mass is 272 g/mol. The molecule has 0 saturated carbocycles. The Labute approximate surface area is 97.2 Å². The summed E-state index contributed by atoms with van der Waals surface area (Å²) < 4.78 is 0.725. The predicted molar refractivity (Wildman–Crippen MR) is 64.4 cm³/mol. The van der Waals surface area contributed by atoms with Gasteiger partial charge in [0, 0.05) is 24.1 Å². The Bertz CT molecular complexity index is 368. The van der Waals surface area contributed by atoms with Crippen LogP contribution in [-0.2, 0) is 0 Å². The van der Waals surface area contributed by atoms with Gasteiger partial charge in [-0.15, -0.1) is 0 Å². The van der Waals surface area contributed by atoms with Gasteiger partial charge in [-0.3, -0.25) is 10.1 Å². The number of nitro benzene ring substituents is 1. The van der Waals surface area contributed by atoms with Crippen LogP contribution in [0.2, 0.25) is 0 Å². The van der Waals surface area contributed by atoms with E-state index in [-0.39, 0.29) is 10.6 Å². The molecule has 4 nitrogen and oxygen atoms in total. The fourth-order valence-electron chi connectivity index (χ4n) is 1.42.